The second-order valence-electron chi connectivity index (χ2n) is 3.49. The van der Waals surface area contributed by atoms with Gasteiger partial charge in [-0.1, -0.05) is 0 Å². The average molecular weight is 422 g/mol. The molecular weight excluding hydrogens is 406 g/mol. The van der Waals surface area contributed by atoms with Crippen molar-refractivity contribution in [2.24, 2.45) is 0 Å². The Morgan fingerprint density at radius 3 is 1.45 bits per heavy atom. The third kappa shape index (κ3) is 5.79. The zero-order valence-corrected chi connectivity index (χ0v) is 15.2. The van der Waals surface area contributed by atoms with Gasteiger partial charge in [0.05, 0.1) is 0 Å². The molecule has 7 nitrogen and oxygen atoms in total. The normalized spacial score (nSPS) is 14.6. The van der Waals surface area contributed by atoms with E-state index in [0.29, 0.717) is 0 Å². The van der Waals surface area contributed by atoms with E-state index in [1.165, 1.54) is 13.8 Å². The Morgan fingerprint density at radius 2 is 1.23 bits per heavy atom. The first-order chi connectivity index (χ1) is 10.3. The Labute approximate surface area is 141 Å². The van der Waals surface area contributed by atoms with Gasteiger partial charge in [-0.15, -0.1) is 0 Å². The van der Waals surface area contributed by atoms with E-state index in [2.05, 4.69) is 0 Å². The molecule has 0 aliphatic heterocycles. The van der Waals surface area contributed by atoms with E-state index < -0.39 is 58.0 Å². The van der Waals surface area contributed by atoms with Crippen LogP contribution in [0, 0.1) is 0 Å². The van der Waals surface area contributed by atoms with Gasteiger partial charge in [-0.05, 0) is 0 Å². The van der Waals surface area contributed by atoms with Crippen molar-refractivity contribution in [3.05, 3.63) is 19.0 Å². The van der Waals surface area contributed by atoms with Crippen molar-refractivity contribution in [3.63, 3.8) is 0 Å². The van der Waals surface area contributed by atoms with Gasteiger partial charge >= 0.3 is 141 Å². The van der Waals surface area contributed by atoms with Crippen LogP contribution in [0.15, 0.2) is 19.0 Å². The molecule has 126 valence electrons. The van der Waals surface area contributed by atoms with Crippen molar-refractivity contribution in [1.29, 1.82) is 0 Å². The zero-order valence-electron chi connectivity index (χ0n) is 11.9. The van der Waals surface area contributed by atoms with E-state index in [1.54, 1.807) is 0 Å². The molecule has 0 amide bonds. The van der Waals surface area contributed by atoms with Crippen LogP contribution in [-0.2, 0) is 22.9 Å². The van der Waals surface area contributed by atoms with Crippen LogP contribution in [-0.4, -0.2) is 62.4 Å². The fourth-order valence-corrected chi connectivity index (χ4v) is 4.52. The maximum absolute atomic E-state index is 12.6. The van der Waals surface area contributed by atoms with Crippen LogP contribution >= 0.6 is 23.2 Å². The summed E-state index contributed by atoms with van der Waals surface area (Å²) in [5.74, 6) is -2.07. The van der Waals surface area contributed by atoms with E-state index in [9.17, 15) is 13.4 Å². The number of carbonyl (C=O) groups is 2. The van der Waals surface area contributed by atoms with Crippen LogP contribution in [0.5, 0.6) is 0 Å². The number of carbonyl (C=O) groups excluding carboxylic acids is 2. The SMILES string of the molecule is CCOC(=O)/C(=C(\Cl)CO)[Se](=O)/C(C(=O)OCC)=C(/Cl)CO. The summed E-state index contributed by atoms with van der Waals surface area (Å²) in [6, 6.07) is 0. The third-order valence-electron chi connectivity index (χ3n) is 2.06. The van der Waals surface area contributed by atoms with E-state index in [4.69, 9.17) is 42.9 Å². The van der Waals surface area contributed by atoms with Gasteiger partial charge in [-0.3, -0.25) is 0 Å². The quantitative estimate of drug-likeness (QED) is 0.335. The number of halogens is 2. The molecule has 22 heavy (non-hydrogen) atoms. The van der Waals surface area contributed by atoms with E-state index in [1.807, 2.05) is 0 Å². The summed E-state index contributed by atoms with van der Waals surface area (Å²) >= 11 is 7.80. The maximum atomic E-state index is 12.6. The van der Waals surface area contributed by atoms with Gasteiger partial charge in [0.25, 0.3) is 0 Å². The number of rotatable bonds is 8. The summed E-state index contributed by atoms with van der Waals surface area (Å²) in [7, 11) is 0. The molecule has 0 rings (SSSR count). The van der Waals surface area contributed by atoms with E-state index in [0.717, 1.165) is 0 Å². The first kappa shape index (κ1) is 21.2. The summed E-state index contributed by atoms with van der Waals surface area (Å²) < 4.78 is 20.9. The van der Waals surface area contributed by atoms with Crippen LogP contribution in [0.1, 0.15) is 13.8 Å². The first-order valence-corrected chi connectivity index (χ1v) is 9.27. The summed E-state index contributed by atoms with van der Waals surface area (Å²) in [5, 5.41) is 17.3. The van der Waals surface area contributed by atoms with Crippen molar-refractivity contribution in [1.82, 2.24) is 0 Å². The molecule has 0 unspecified atom stereocenters. The van der Waals surface area contributed by atoms with Crippen LogP contribution < -0.4 is 0 Å². The van der Waals surface area contributed by atoms with Gasteiger partial charge in [0.15, 0.2) is 0 Å². The van der Waals surface area contributed by atoms with Crippen molar-refractivity contribution in [2.45, 2.75) is 13.8 Å². The summed E-state index contributed by atoms with van der Waals surface area (Å²) in [5.41, 5.74) is 0. The van der Waals surface area contributed by atoms with E-state index in [-0.39, 0.29) is 13.2 Å². The summed E-state index contributed by atoms with van der Waals surface area (Å²) in [6.07, 6.45) is 0. The molecule has 0 spiro atoms. The second-order valence-corrected chi connectivity index (χ2v) is 7.25. The molecule has 0 fully saturated rings. The molecule has 0 bridgehead atoms. The van der Waals surface area contributed by atoms with Gasteiger partial charge in [0.2, 0.25) is 0 Å². The molecule has 0 radical (unpaired) electrons. The van der Waals surface area contributed by atoms with Crippen molar-refractivity contribution < 1.29 is 33.1 Å². The van der Waals surface area contributed by atoms with Gasteiger partial charge in [-0.25, -0.2) is 0 Å². The number of aliphatic hydroxyl groups excluding tert-OH is 2. The van der Waals surface area contributed by atoms with Gasteiger partial charge in [0.1, 0.15) is 0 Å². The van der Waals surface area contributed by atoms with Crippen molar-refractivity contribution in [3.8, 4) is 0 Å². The van der Waals surface area contributed by atoms with E-state index >= 15 is 0 Å². The fourth-order valence-electron chi connectivity index (χ4n) is 1.21. The van der Waals surface area contributed by atoms with Crippen molar-refractivity contribution >= 4 is 49.0 Å². The summed E-state index contributed by atoms with van der Waals surface area (Å²) in [4.78, 5) is 23.7. The average Bonchev–Trinajstić information content (AvgIpc) is 2.47. The molecular formula is C12H16Cl2O7Se. The Hall–Kier alpha value is -0.761. The standard InChI is InChI=1S/C12H16Cl2O7Se/c1-3-20-11(17)9(7(13)5-15)22(19)10(8(14)6-16)12(18)21-4-2/h15-16H,3-6H2,1-2H3/b9-7+,10-8+. The Morgan fingerprint density at radius 1 is 0.909 bits per heavy atom. The van der Waals surface area contributed by atoms with Crippen LogP contribution in [0.2, 0.25) is 0 Å². The van der Waals surface area contributed by atoms with Crippen molar-refractivity contribution in [2.75, 3.05) is 26.4 Å². The third-order valence-corrected chi connectivity index (χ3v) is 6.48. The minimum atomic E-state index is -3.62. The molecule has 0 saturated heterocycles. The first-order valence-electron chi connectivity index (χ1n) is 6.10. The fraction of sp³-hybridized carbons (Fsp3) is 0.500. The molecule has 10 heteroatoms. The van der Waals surface area contributed by atoms with Gasteiger partial charge in [-0.2, -0.15) is 0 Å². The topological polar surface area (TPSA) is 110 Å². The molecule has 0 saturated carbocycles. The number of ether oxygens (including phenoxy) is 2. The predicted octanol–water partition coefficient (Wildman–Crippen LogP) is 0.583. The Balaban J connectivity index is 5.98. The summed E-state index contributed by atoms with van der Waals surface area (Å²) in [6.45, 7) is 1.44. The zero-order chi connectivity index (χ0) is 17.3. The van der Waals surface area contributed by atoms with Crippen LogP contribution in [0.4, 0.5) is 0 Å². The number of aliphatic hydroxyl groups is 2. The Kier molecular flexibility index (Phi) is 10.5. The number of esters is 2. The second kappa shape index (κ2) is 10.9. The molecule has 0 atom stereocenters. The van der Waals surface area contributed by atoms with Crippen LogP contribution in [0.25, 0.3) is 0 Å². The molecule has 0 aliphatic rings. The van der Waals surface area contributed by atoms with Crippen LogP contribution in [0.3, 0.4) is 0 Å². The monoisotopic (exact) mass is 422 g/mol. The minimum absolute atomic E-state index is 0.0248. The number of hydrogen-bond donors (Lipinski definition) is 2. The molecule has 0 aromatic rings. The molecule has 0 aromatic heterocycles. The molecule has 2 N–H and O–H groups in total. The predicted molar refractivity (Wildman–Crippen MR) is 79.6 cm³/mol. The van der Waals surface area contributed by atoms with Gasteiger partial charge in [0, 0.05) is 0 Å². The Bertz CT molecular complexity index is 470. The number of hydrogen-bond acceptors (Lipinski definition) is 7. The molecule has 0 aliphatic carbocycles. The molecule has 0 aromatic carbocycles. The van der Waals surface area contributed by atoms with Gasteiger partial charge < -0.3 is 0 Å². The molecule has 0 heterocycles.